The lowest BCUT2D eigenvalue weighted by molar-refractivity contribution is 0.0928. The number of aliphatic hydroxyl groups excluding tert-OH is 1. The molecule has 0 aliphatic rings. The lowest BCUT2D eigenvalue weighted by atomic mass is 10.0. The minimum absolute atomic E-state index is 0.0986. The average Bonchev–Trinajstić information content (AvgIpc) is 2.84. The van der Waals surface area contributed by atoms with Gasteiger partial charge in [0.15, 0.2) is 0 Å². The van der Waals surface area contributed by atoms with Gasteiger partial charge in [-0.25, -0.2) is 4.79 Å². The van der Waals surface area contributed by atoms with Crippen LogP contribution in [0.4, 0.5) is 4.79 Å². The van der Waals surface area contributed by atoms with Crippen LogP contribution in [0.25, 0.3) is 0 Å². The van der Waals surface area contributed by atoms with Gasteiger partial charge in [0.2, 0.25) is 0 Å². The number of carbonyl (C=O) groups excluding carboxylic acids is 1. The zero-order chi connectivity index (χ0) is 23.8. The van der Waals surface area contributed by atoms with Crippen LogP contribution in [0.1, 0.15) is 122 Å². The first-order valence-corrected chi connectivity index (χ1v) is 13.8. The highest BCUT2D eigenvalue weighted by Gasteiger charge is 2.14. The van der Waals surface area contributed by atoms with Crippen molar-refractivity contribution in [3.8, 4) is 0 Å². The molecule has 1 aromatic carbocycles. The van der Waals surface area contributed by atoms with Crippen LogP contribution in [0.5, 0.6) is 0 Å². The van der Waals surface area contributed by atoms with Gasteiger partial charge in [-0.2, -0.15) is 0 Å². The third-order valence-corrected chi connectivity index (χ3v) is 6.33. The Morgan fingerprint density at radius 2 is 1.15 bits per heavy atom. The lowest BCUT2D eigenvalue weighted by Gasteiger charge is -2.22. The summed E-state index contributed by atoms with van der Waals surface area (Å²) in [6.07, 6.45) is 21.8. The third-order valence-electron chi connectivity index (χ3n) is 6.33. The fraction of sp³-hybridized carbons (Fsp3) is 0.759. The molecule has 0 radical (unpaired) electrons. The highest BCUT2D eigenvalue weighted by atomic mass is 16.6. The van der Waals surface area contributed by atoms with Gasteiger partial charge >= 0.3 is 6.09 Å². The number of rotatable bonds is 22. The molecule has 0 bridgehead atoms. The van der Waals surface area contributed by atoms with Crippen molar-refractivity contribution in [3.63, 3.8) is 0 Å². The lowest BCUT2D eigenvalue weighted by Crippen LogP contribution is -2.33. The number of aliphatic hydroxyl groups is 1. The van der Waals surface area contributed by atoms with Crippen LogP contribution in [0, 0.1) is 0 Å². The average molecular weight is 462 g/mol. The molecular formula is C29H51NO3. The van der Waals surface area contributed by atoms with Crippen molar-refractivity contribution in [1.29, 1.82) is 0 Å². The molecule has 1 rings (SSSR count). The number of benzene rings is 1. The molecule has 0 spiro atoms. The molecule has 0 aromatic heterocycles. The van der Waals surface area contributed by atoms with Crippen molar-refractivity contribution in [3.05, 3.63) is 35.9 Å². The summed E-state index contributed by atoms with van der Waals surface area (Å²) >= 11 is 0. The molecule has 0 aliphatic heterocycles. The smallest absolute Gasteiger partial charge is 0.410 e. The van der Waals surface area contributed by atoms with E-state index in [2.05, 4.69) is 6.92 Å². The minimum atomic E-state index is -0.270. The Hall–Kier alpha value is -1.55. The summed E-state index contributed by atoms with van der Waals surface area (Å²) in [6, 6.07) is 9.77. The SMILES string of the molecule is CCCCCCCCCCCCCCCCCCN(CCCO)C(=O)OCc1ccccc1. The zero-order valence-corrected chi connectivity index (χ0v) is 21.4. The van der Waals surface area contributed by atoms with Gasteiger partial charge in [0.1, 0.15) is 6.61 Å². The van der Waals surface area contributed by atoms with Gasteiger partial charge in [0.25, 0.3) is 0 Å². The van der Waals surface area contributed by atoms with Gasteiger partial charge in [-0.1, -0.05) is 134 Å². The topological polar surface area (TPSA) is 49.8 Å². The molecule has 1 aromatic rings. The van der Waals surface area contributed by atoms with Gasteiger partial charge in [0, 0.05) is 19.7 Å². The number of nitrogens with zero attached hydrogens (tertiary/aromatic N) is 1. The van der Waals surface area contributed by atoms with E-state index in [0.29, 0.717) is 26.1 Å². The largest absolute Gasteiger partial charge is 0.445 e. The maximum Gasteiger partial charge on any atom is 0.410 e. The second-order valence-corrected chi connectivity index (χ2v) is 9.41. The highest BCUT2D eigenvalue weighted by Crippen LogP contribution is 2.14. The summed E-state index contributed by atoms with van der Waals surface area (Å²) in [7, 11) is 0. The monoisotopic (exact) mass is 461 g/mol. The molecule has 4 heteroatoms. The summed E-state index contributed by atoms with van der Waals surface area (Å²) in [5.74, 6) is 0. The molecule has 0 fully saturated rings. The van der Waals surface area contributed by atoms with Crippen molar-refractivity contribution in [2.75, 3.05) is 19.7 Å². The van der Waals surface area contributed by atoms with Crippen LogP contribution in [-0.4, -0.2) is 35.8 Å². The van der Waals surface area contributed by atoms with E-state index in [1.54, 1.807) is 4.90 Å². The van der Waals surface area contributed by atoms with E-state index in [1.807, 2.05) is 30.3 Å². The van der Waals surface area contributed by atoms with Crippen molar-refractivity contribution in [2.24, 2.45) is 0 Å². The molecule has 33 heavy (non-hydrogen) atoms. The van der Waals surface area contributed by atoms with Crippen molar-refractivity contribution in [1.82, 2.24) is 4.90 Å². The van der Waals surface area contributed by atoms with Crippen molar-refractivity contribution >= 4 is 6.09 Å². The molecule has 0 aliphatic carbocycles. The molecule has 0 saturated heterocycles. The fourth-order valence-electron chi connectivity index (χ4n) is 4.22. The van der Waals surface area contributed by atoms with E-state index in [9.17, 15) is 4.79 Å². The summed E-state index contributed by atoms with van der Waals surface area (Å²) in [6.45, 7) is 3.95. The van der Waals surface area contributed by atoms with Gasteiger partial charge in [-0.15, -0.1) is 0 Å². The predicted octanol–water partition coefficient (Wildman–Crippen LogP) is 8.27. The summed E-state index contributed by atoms with van der Waals surface area (Å²) in [5.41, 5.74) is 0.996. The Morgan fingerprint density at radius 1 is 0.697 bits per heavy atom. The molecule has 190 valence electrons. The summed E-state index contributed by atoms with van der Waals surface area (Å²) < 4.78 is 5.47. The molecule has 0 unspecified atom stereocenters. The van der Waals surface area contributed by atoms with E-state index in [0.717, 1.165) is 18.4 Å². The number of amides is 1. The Bertz CT molecular complexity index is 549. The summed E-state index contributed by atoms with van der Waals surface area (Å²) in [5, 5.41) is 9.14. The third kappa shape index (κ3) is 17.6. The Kier molecular flexibility index (Phi) is 19.9. The predicted molar refractivity (Wildman–Crippen MR) is 139 cm³/mol. The first-order valence-electron chi connectivity index (χ1n) is 13.8. The molecule has 1 N–H and O–H groups in total. The van der Waals surface area contributed by atoms with Crippen LogP contribution < -0.4 is 0 Å². The first kappa shape index (κ1) is 29.5. The second kappa shape index (κ2) is 22.3. The Morgan fingerprint density at radius 3 is 1.64 bits per heavy atom. The van der Waals surface area contributed by atoms with E-state index in [-0.39, 0.29) is 12.7 Å². The number of carbonyl (C=O) groups is 1. The molecule has 4 nitrogen and oxygen atoms in total. The number of hydrogen-bond donors (Lipinski definition) is 1. The van der Waals surface area contributed by atoms with Crippen LogP contribution in [0.2, 0.25) is 0 Å². The Labute approximate surface area is 204 Å². The Balaban J connectivity index is 1.98. The molecule has 0 saturated carbocycles. The van der Waals surface area contributed by atoms with E-state index >= 15 is 0 Å². The summed E-state index contributed by atoms with van der Waals surface area (Å²) in [4.78, 5) is 14.2. The van der Waals surface area contributed by atoms with Gasteiger partial charge < -0.3 is 14.7 Å². The van der Waals surface area contributed by atoms with Crippen LogP contribution in [0.3, 0.4) is 0 Å². The maximum atomic E-state index is 12.4. The van der Waals surface area contributed by atoms with E-state index < -0.39 is 0 Å². The quantitative estimate of drug-likeness (QED) is 0.177. The van der Waals surface area contributed by atoms with Gasteiger partial charge in [0.05, 0.1) is 0 Å². The van der Waals surface area contributed by atoms with Crippen molar-refractivity contribution < 1.29 is 14.6 Å². The second-order valence-electron chi connectivity index (χ2n) is 9.41. The first-order chi connectivity index (χ1) is 16.3. The fourth-order valence-corrected chi connectivity index (χ4v) is 4.22. The van der Waals surface area contributed by atoms with Crippen LogP contribution in [0.15, 0.2) is 30.3 Å². The van der Waals surface area contributed by atoms with Crippen LogP contribution >= 0.6 is 0 Å². The maximum absolute atomic E-state index is 12.4. The highest BCUT2D eigenvalue weighted by molar-refractivity contribution is 5.67. The van der Waals surface area contributed by atoms with Crippen LogP contribution in [-0.2, 0) is 11.3 Å². The normalized spacial score (nSPS) is 11.0. The molecular weight excluding hydrogens is 410 g/mol. The molecule has 0 atom stereocenters. The number of ether oxygens (including phenoxy) is 1. The van der Waals surface area contributed by atoms with Gasteiger partial charge in [-0.05, 0) is 18.4 Å². The standard InChI is InChI=1S/C29H51NO3/c1-2-3-4-5-6-7-8-9-10-11-12-13-14-15-16-20-24-30(25-21-26-31)29(32)33-27-28-22-18-17-19-23-28/h17-19,22-23,31H,2-16,20-21,24-27H2,1H3. The number of hydrogen-bond acceptors (Lipinski definition) is 3. The number of unbranched alkanes of at least 4 members (excludes halogenated alkanes) is 15. The van der Waals surface area contributed by atoms with Crippen molar-refractivity contribution in [2.45, 2.75) is 123 Å². The van der Waals surface area contributed by atoms with E-state index in [1.165, 1.54) is 89.9 Å². The van der Waals surface area contributed by atoms with E-state index in [4.69, 9.17) is 9.84 Å². The zero-order valence-electron chi connectivity index (χ0n) is 21.4. The molecule has 1 amide bonds. The molecule has 0 heterocycles. The minimum Gasteiger partial charge on any atom is -0.445 e. The van der Waals surface area contributed by atoms with Gasteiger partial charge in [-0.3, -0.25) is 0 Å².